The van der Waals surface area contributed by atoms with Crippen molar-refractivity contribution in [1.82, 2.24) is 24.5 Å². The van der Waals surface area contributed by atoms with Gasteiger partial charge in [0, 0.05) is 75.8 Å². The molecule has 1 aromatic carbocycles. The van der Waals surface area contributed by atoms with E-state index in [-0.39, 0.29) is 53.0 Å². The van der Waals surface area contributed by atoms with E-state index in [9.17, 15) is 27.6 Å². The molecule has 2 aromatic rings. The van der Waals surface area contributed by atoms with E-state index >= 15 is 0 Å². The lowest BCUT2D eigenvalue weighted by Gasteiger charge is -2.43. The van der Waals surface area contributed by atoms with Gasteiger partial charge in [-0.2, -0.15) is 13.2 Å². The quantitative estimate of drug-likeness (QED) is 0.385. The van der Waals surface area contributed by atoms with Crippen molar-refractivity contribution in [3.8, 4) is 0 Å². The predicted molar refractivity (Wildman–Crippen MR) is 185 cm³/mol. The van der Waals surface area contributed by atoms with E-state index in [1.165, 1.54) is 13.1 Å². The highest BCUT2D eigenvalue weighted by Gasteiger charge is 2.38. The van der Waals surface area contributed by atoms with E-state index in [1.807, 2.05) is 15.7 Å². The number of amides is 4. The van der Waals surface area contributed by atoms with Crippen molar-refractivity contribution < 1.29 is 27.6 Å². The molecule has 10 nitrogen and oxygen atoms in total. The molecule has 0 saturated carbocycles. The Bertz CT molecular complexity index is 1520. The first-order valence-corrected chi connectivity index (χ1v) is 18.4. The molecule has 3 saturated heterocycles. The maximum Gasteiger partial charge on any atom is 0.418 e. The summed E-state index contributed by atoms with van der Waals surface area (Å²) in [6.07, 6.45) is -1.44. The van der Waals surface area contributed by atoms with Gasteiger partial charge in [0.1, 0.15) is 0 Å². The summed E-state index contributed by atoms with van der Waals surface area (Å²) in [5.41, 5.74) is 1.06. The highest BCUT2D eigenvalue weighted by molar-refractivity contribution is 7.08. The van der Waals surface area contributed by atoms with Crippen molar-refractivity contribution in [3.63, 3.8) is 0 Å². The van der Waals surface area contributed by atoms with Gasteiger partial charge in [-0.3, -0.25) is 14.5 Å². The number of halogens is 4. The number of carbonyl (C=O) groups excluding carboxylic acids is 3. The molecule has 268 valence electrons. The molecule has 0 aliphatic carbocycles. The summed E-state index contributed by atoms with van der Waals surface area (Å²) >= 11 is 7.86. The summed E-state index contributed by atoms with van der Waals surface area (Å²) in [7, 11) is 3.51. The van der Waals surface area contributed by atoms with E-state index in [4.69, 9.17) is 11.6 Å². The topological polar surface area (TPSA) is 91.5 Å². The number of hydrogen-bond donors (Lipinski definition) is 2. The Balaban J connectivity index is 1.14. The van der Waals surface area contributed by atoms with Gasteiger partial charge < -0.3 is 30.2 Å². The lowest BCUT2D eigenvalue weighted by molar-refractivity contribution is -0.143. The number of rotatable bonds is 8. The number of carbonyl (C=O) groups is 3. The number of benzene rings is 1. The van der Waals surface area contributed by atoms with Crippen LogP contribution in [0.25, 0.3) is 0 Å². The van der Waals surface area contributed by atoms with Gasteiger partial charge in [0.15, 0.2) is 0 Å². The fourth-order valence-electron chi connectivity index (χ4n) is 7.78. The van der Waals surface area contributed by atoms with Gasteiger partial charge in [-0.05, 0) is 75.3 Å². The van der Waals surface area contributed by atoms with Gasteiger partial charge in [-0.15, -0.1) is 11.3 Å². The largest absolute Gasteiger partial charge is 0.418 e. The van der Waals surface area contributed by atoms with Crippen LogP contribution in [0.15, 0.2) is 22.9 Å². The Labute approximate surface area is 294 Å². The van der Waals surface area contributed by atoms with E-state index in [0.29, 0.717) is 51.6 Å². The molecular formula is C34H45ClF3N7O3S. The van der Waals surface area contributed by atoms with Gasteiger partial charge in [0.2, 0.25) is 11.8 Å². The lowest BCUT2D eigenvalue weighted by Crippen LogP contribution is -2.55. The number of hydrogen-bond acceptors (Lipinski definition) is 7. The standard InChI is InChI=1S/C34H45ClF3N7O3S/c1-39-31-27(34(36,37)38)16-22(17-28(31)35)15-23(32(47)44-13-11-42(12-14-44)25-3-7-41(2)8-4-25)18-30(46)43-9-5-26(6-10-43)45-19-24-20-49-21-29(24)40-33(45)48/h16-17,20-21,23,25-26,39H,3-15,18-19H2,1-2H3,(H,40,48)/t23-/m0/s1. The zero-order valence-corrected chi connectivity index (χ0v) is 29.6. The zero-order chi connectivity index (χ0) is 34.9. The van der Waals surface area contributed by atoms with Crippen LogP contribution in [-0.2, 0) is 28.7 Å². The molecule has 0 spiro atoms. The van der Waals surface area contributed by atoms with Crippen molar-refractivity contribution in [1.29, 1.82) is 0 Å². The number of fused-ring (bicyclic) bond motifs is 1. The van der Waals surface area contributed by atoms with Gasteiger partial charge in [0.25, 0.3) is 0 Å². The molecule has 5 heterocycles. The maximum atomic E-state index is 14.1. The first-order chi connectivity index (χ1) is 23.4. The van der Waals surface area contributed by atoms with E-state index < -0.39 is 17.7 Å². The second-order valence-corrected chi connectivity index (χ2v) is 14.9. The monoisotopic (exact) mass is 723 g/mol. The number of likely N-dealkylation sites (tertiary alicyclic amines) is 2. The number of alkyl halides is 3. The molecule has 15 heteroatoms. The number of piperazine rings is 1. The minimum Gasteiger partial charge on any atom is -0.386 e. The molecule has 6 rings (SSSR count). The molecule has 4 aliphatic heterocycles. The number of nitrogens with one attached hydrogen (secondary N) is 2. The van der Waals surface area contributed by atoms with E-state index in [1.54, 1.807) is 21.1 Å². The average Bonchev–Trinajstić information content (AvgIpc) is 3.54. The van der Waals surface area contributed by atoms with Crippen LogP contribution in [0.1, 0.15) is 48.8 Å². The molecule has 0 unspecified atom stereocenters. The number of anilines is 2. The predicted octanol–water partition coefficient (Wildman–Crippen LogP) is 5.29. The summed E-state index contributed by atoms with van der Waals surface area (Å²) in [5, 5.41) is 9.36. The minimum atomic E-state index is -4.65. The number of thiophene rings is 1. The number of piperidine rings is 2. The van der Waals surface area contributed by atoms with Crippen LogP contribution in [-0.4, -0.2) is 121 Å². The van der Waals surface area contributed by atoms with Gasteiger partial charge in [-0.1, -0.05) is 11.6 Å². The summed E-state index contributed by atoms with van der Waals surface area (Å²) in [6.45, 7) is 5.96. The zero-order valence-electron chi connectivity index (χ0n) is 28.0. The summed E-state index contributed by atoms with van der Waals surface area (Å²) in [5.74, 6) is -1.27. The van der Waals surface area contributed by atoms with Crippen molar-refractivity contribution in [3.05, 3.63) is 44.6 Å². The second-order valence-electron chi connectivity index (χ2n) is 13.7. The Morgan fingerprint density at radius 3 is 2.31 bits per heavy atom. The molecule has 0 bridgehead atoms. The summed E-state index contributed by atoms with van der Waals surface area (Å²) in [6, 6.07) is 2.81. The molecule has 1 aromatic heterocycles. The SMILES string of the molecule is CNc1c(Cl)cc(C[C@@H](CC(=O)N2CCC(N3Cc4cscc4NC3=O)CC2)C(=O)N2CCN(C3CCN(C)CC3)CC2)cc1C(F)(F)F. The molecule has 49 heavy (non-hydrogen) atoms. The number of nitrogens with zero attached hydrogens (tertiary/aromatic N) is 5. The molecule has 1 atom stereocenters. The van der Waals surface area contributed by atoms with Gasteiger partial charge in [0.05, 0.1) is 34.4 Å². The summed E-state index contributed by atoms with van der Waals surface area (Å²) in [4.78, 5) is 50.8. The Hall–Kier alpha value is -3.07. The van der Waals surface area contributed by atoms with Crippen LogP contribution in [0.2, 0.25) is 5.02 Å². The van der Waals surface area contributed by atoms with Crippen LogP contribution in [0.4, 0.5) is 29.3 Å². The molecule has 2 N–H and O–H groups in total. The van der Waals surface area contributed by atoms with Crippen LogP contribution in [0.3, 0.4) is 0 Å². The normalized spacial score (nSPS) is 21.0. The van der Waals surface area contributed by atoms with Crippen LogP contribution < -0.4 is 10.6 Å². The highest BCUT2D eigenvalue weighted by Crippen LogP contribution is 2.40. The Kier molecular flexibility index (Phi) is 11.0. The number of urea groups is 1. The maximum absolute atomic E-state index is 14.1. The fraction of sp³-hybridized carbons (Fsp3) is 0.618. The fourth-order valence-corrected chi connectivity index (χ4v) is 8.89. The molecular weight excluding hydrogens is 679 g/mol. The van der Waals surface area contributed by atoms with Crippen LogP contribution >= 0.6 is 22.9 Å². The Morgan fingerprint density at radius 1 is 0.980 bits per heavy atom. The van der Waals surface area contributed by atoms with Crippen LogP contribution in [0.5, 0.6) is 0 Å². The smallest absolute Gasteiger partial charge is 0.386 e. The average molecular weight is 724 g/mol. The van der Waals surface area contributed by atoms with Crippen molar-refractivity contribution in [2.24, 2.45) is 5.92 Å². The minimum absolute atomic E-state index is 0.0241. The molecule has 3 fully saturated rings. The highest BCUT2D eigenvalue weighted by atomic mass is 35.5. The third-order valence-electron chi connectivity index (χ3n) is 10.6. The Morgan fingerprint density at radius 2 is 1.65 bits per heavy atom. The van der Waals surface area contributed by atoms with Crippen molar-refractivity contribution >= 4 is 52.2 Å². The lowest BCUT2D eigenvalue weighted by atomic mass is 9.91. The molecule has 0 radical (unpaired) electrons. The van der Waals surface area contributed by atoms with E-state index in [2.05, 4.69) is 27.5 Å². The van der Waals surface area contributed by atoms with Gasteiger partial charge in [-0.25, -0.2) is 4.79 Å². The van der Waals surface area contributed by atoms with Crippen LogP contribution in [0, 0.1) is 5.92 Å². The van der Waals surface area contributed by atoms with Crippen molar-refractivity contribution in [2.75, 3.05) is 77.1 Å². The second kappa shape index (κ2) is 15.0. The molecule has 4 aliphatic rings. The third kappa shape index (κ3) is 8.13. The van der Waals surface area contributed by atoms with Crippen molar-refractivity contribution in [2.45, 2.75) is 63.3 Å². The molecule has 4 amide bonds. The van der Waals surface area contributed by atoms with Gasteiger partial charge >= 0.3 is 12.2 Å². The summed E-state index contributed by atoms with van der Waals surface area (Å²) < 4.78 is 42.1. The van der Waals surface area contributed by atoms with E-state index in [0.717, 1.165) is 56.3 Å². The first-order valence-electron chi connectivity index (χ1n) is 17.1. The first kappa shape index (κ1) is 35.7. The third-order valence-corrected chi connectivity index (χ3v) is 11.7.